The topological polar surface area (TPSA) is 151 Å². The quantitative estimate of drug-likeness (QED) is 0.446. The molecule has 0 bridgehead atoms. The van der Waals surface area contributed by atoms with E-state index in [4.69, 9.17) is 11.5 Å². The zero-order valence-corrected chi connectivity index (χ0v) is 8.83. The highest BCUT2D eigenvalue weighted by molar-refractivity contribution is 5.95. The number of primary amides is 1. The van der Waals surface area contributed by atoms with Crippen molar-refractivity contribution in [3.05, 3.63) is 5.82 Å². The fourth-order valence-electron chi connectivity index (χ4n) is 1.81. The Morgan fingerprint density at radius 3 is 2.76 bits per heavy atom. The molecule has 0 aliphatic carbocycles. The highest BCUT2D eigenvalue weighted by atomic mass is 16.3. The molecule has 1 aliphatic heterocycles. The van der Waals surface area contributed by atoms with Gasteiger partial charge in [0, 0.05) is 13.0 Å². The van der Waals surface area contributed by atoms with Crippen LogP contribution < -0.4 is 11.5 Å². The molecule has 1 aromatic rings. The van der Waals surface area contributed by atoms with E-state index in [1.165, 1.54) is 0 Å². The average molecular weight is 240 g/mol. The van der Waals surface area contributed by atoms with Gasteiger partial charge >= 0.3 is 0 Å². The number of β-amino-alcohol motifs (C(OH)–C–C–N with tert-alkyl or cyclic N) is 1. The molecular weight excluding hydrogens is 228 g/mol. The Bertz CT molecular complexity index is 458. The van der Waals surface area contributed by atoms with Gasteiger partial charge in [0.15, 0.2) is 0 Å². The zero-order valence-electron chi connectivity index (χ0n) is 8.83. The Morgan fingerprint density at radius 1 is 1.53 bits per heavy atom. The molecule has 2 atom stereocenters. The van der Waals surface area contributed by atoms with E-state index in [0.29, 0.717) is 0 Å². The van der Waals surface area contributed by atoms with E-state index in [-0.39, 0.29) is 24.7 Å². The normalized spacial score (nSPS) is 23.9. The summed E-state index contributed by atoms with van der Waals surface area (Å²) in [6.07, 6.45) is -0.637. The van der Waals surface area contributed by atoms with Crippen LogP contribution in [0.2, 0.25) is 0 Å². The highest BCUT2D eigenvalue weighted by Crippen LogP contribution is 2.19. The number of rotatable bonds is 2. The number of amides is 2. The van der Waals surface area contributed by atoms with Gasteiger partial charge in [0.05, 0.1) is 6.10 Å². The van der Waals surface area contributed by atoms with Crippen LogP contribution >= 0.6 is 0 Å². The van der Waals surface area contributed by atoms with Gasteiger partial charge in [-0.05, 0) is 0 Å². The molecule has 2 rings (SSSR count). The van der Waals surface area contributed by atoms with Gasteiger partial charge in [-0.1, -0.05) is 0 Å². The first-order valence-electron chi connectivity index (χ1n) is 4.95. The van der Waals surface area contributed by atoms with Gasteiger partial charge in [0.1, 0.15) is 6.04 Å². The number of aromatic nitrogens is 3. The summed E-state index contributed by atoms with van der Waals surface area (Å²) in [5.74, 6) is -1.37. The SMILES string of the molecule is NC(=O)C1CC(O)CN1C(=O)c1nc(N)n[nH]1. The van der Waals surface area contributed by atoms with Gasteiger partial charge in [0.25, 0.3) is 5.91 Å². The van der Waals surface area contributed by atoms with E-state index in [1.54, 1.807) is 0 Å². The number of aromatic amines is 1. The van der Waals surface area contributed by atoms with Crippen LogP contribution in [0.5, 0.6) is 0 Å². The van der Waals surface area contributed by atoms with Crippen molar-refractivity contribution in [1.29, 1.82) is 0 Å². The minimum absolute atomic E-state index is 0.0348. The number of nitrogens with one attached hydrogen (secondary N) is 1. The maximum atomic E-state index is 11.9. The molecule has 1 aliphatic rings. The van der Waals surface area contributed by atoms with Crippen LogP contribution in [0.25, 0.3) is 0 Å². The van der Waals surface area contributed by atoms with Crippen molar-refractivity contribution >= 4 is 17.8 Å². The molecule has 9 nitrogen and oxygen atoms in total. The van der Waals surface area contributed by atoms with Crippen molar-refractivity contribution in [3.63, 3.8) is 0 Å². The van der Waals surface area contributed by atoms with Crippen LogP contribution in [0.4, 0.5) is 5.95 Å². The summed E-state index contributed by atoms with van der Waals surface area (Å²) in [4.78, 5) is 27.9. The Morgan fingerprint density at radius 2 is 2.24 bits per heavy atom. The second kappa shape index (κ2) is 4.01. The van der Waals surface area contributed by atoms with E-state index in [9.17, 15) is 14.7 Å². The Labute approximate surface area is 95.8 Å². The van der Waals surface area contributed by atoms with Crippen LogP contribution in [0.15, 0.2) is 0 Å². The van der Waals surface area contributed by atoms with E-state index < -0.39 is 24.0 Å². The number of nitrogens with two attached hydrogens (primary N) is 2. The molecule has 1 fully saturated rings. The van der Waals surface area contributed by atoms with E-state index in [2.05, 4.69) is 15.2 Å². The van der Waals surface area contributed by atoms with Crippen molar-refractivity contribution in [2.45, 2.75) is 18.6 Å². The predicted molar refractivity (Wildman–Crippen MR) is 55.4 cm³/mol. The number of hydrogen-bond acceptors (Lipinski definition) is 6. The third kappa shape index (κ3) is 2.04. The van der Waals surface area contributed by atoms with E-state index >= 15 is 0 Å². The summed E-state index contributed by atoms with van der Waals surface area (Å²) in [6.45, 7) is 0.0348. The molecule has 92 valence electrons. The van der Waals surface area contributed by atoms with Crippen LogP contribution in [-0.2, 0) is 4.79 Å². The lowest BCUT2D eigenvalue weighted by atomic mass is 10.2. The summed E-state index contributed by atoms with van der Waals surface area (Å²) in [6, 6.07) is -0.830. The molecule has 2 amide bonds. The van der Waals surface area contributed by atoms with E-state index in [0.717, 1.165) is 4.90 Å². The summed E-state index contributed by atoms with van der Waals surface area (Å²) < 4.78 is 0. The van der Waals surface area contributed by atoms with Crippen molar-refractivity contribution in [3.8, 4) is 0 Å². The predicted octanol–water partition coefficient (Wildman–Crippen LogP) is -2.55. The largest absolute Gasteiger partial charge is 0.391 e. The number of nitrogens with zero attached hydrogens (tertiary/aromatic N) is 3. The zero-order chi connectivity index (χ0) is 12.6. The minimum atomic E-state index is -0.830. The molecule has 2 heterocycles. The molecule has 17 heavy (non-hydrogen) atoms. The number of aliphatic hydroxyl groups is 1. The monoisotopic (exact) mass is 240 g/mol. The number of carbonyl (C=O) groups excluding carboxylic acids is 2. The maximum absolute atomic E-state index is 11.9. The molecular formula is C8H12N6O3. The number of aliphatic hydroxyl groups excluding tert-OH is 1. The lowest BCUT2D eigenvalue weighted by Gasteiger charge is -2.20. The number of likely N-dealkylation sites (tertiary alicyclic amines) is 1. The molecule has 1 aromatic heterocycles. The number of anilines is 1. The first-order valence-corrected chi connectivity index (χ1v) is 4.95. The minimum Gasteiger partial charge on any atom is -0.391 e. The van der Waals surface area contributed by atoms with Crippen molar-refractivity contribution < 1.29 is 14.7 Å². The molecule has 1 saturated heterocycles. The Balaban J connectivity index is 2.21. The fourth-order valence-corrected chi connectivity index (χ4v) is 1.81. The van der Waals surface area contributed by atoms with Crippen LogP contribution in [0, 0.1) is 0 Å². The van der Waals surface area contributed by atoms with Gasteiger partial charge < -0.3 is 21.5 Å². The van der Waals surface area contributed by atoms with Gasteiger partial charge in [0.2, 0.25) is 17.7 Å². The van der Waals surface area contributed by atoms with Crippen molar-refractivity contribution in [2.24, 2.45) is 5.73 Å². The summed E-state index contributed by atoms with van der Waals surface area (Å²) in [5, 5.41) is 15.3. The third-order valence-electron chi connectivity index (χ3n) is 2.57. The van der Waals surface area contributed by atoms with Crippen molar-refractivity contribution in [1.82, 2.24) is 20.1 Å². The molecule has 2 unspecified atom stereocenters. The lowest BCUT2D eigenvalue weighted by molar-refractivity contribution is -0.121. The number of H-pyrrole nitrogens is 1. The lowest BCUT2D eigenvalue weighted by Crippen LogP contribution is -2.44. The first-order chi connectivity index (χ1) is 7.99. The Kier molecular flexibility index (Phi) is 2.68. The highest BCUT2D eigenvalue weighted by Gasteiger charge is 2.39. The van der Waals surface area contributed by atoms with Crippen LogP contribution in [0.3, 0.4) is 0 Å². The van der Waals surface area contributed by atoms with Gasteiger partial charge in [-0.3, -0.25) is 14.7 Å². The first kappa shape index (κ1) is 11.3. The summed E-state index contributed by atoms with van der Waals surface area (Å²) in [5.41, 5.74) is 10.4. The second-order valence-corrected chi connectivity index (χ2v) is 3.81. The Hall–Kier alpha value is -2.16. The van der Waals surface area contributed by atoms with Crippen molar-refractivity contribution in [2.75, 3.05) is 12.3 Å². The van der Waals surface area contributed by atoms with Gasteiger partial charge in [-0.25, -0.2) is 0 Å². The number of nitrogen functional groups attached to an aromatic ring is 1. The second-order valence-electron chi connectivity index (χ2n) is 3.81. The van der Waals surface area contributed by atoms with Crippen LogP contribution in [-0.4, -0.2) is 55.7 Å². The standard InChI is InChI=1S/C8H12N6O3/c9-5(16)4-1-3(15)2-14(4)7(17)6-11-8(10)13-12-6/h3-4,15H,1-2H2,(H2,9,16)(H3,10,11,12,13). The molecule has 0 saturated carbocycles. The molecule has 0 radical (unpaired) electrons. The van der Waals surface area contributed by atoms with E-state index in [1.807, 2.05) is 0 Å². The fraction of sp³-hybridized carbons (Fsp3) is 0.500. The average Bonchev–Trinajstić information content (AvgIpc) is 2.83. The molecule has 6 N–H and O–H groups in total. The number of hydrogen-bond donors (Lipinski definition) is 4. The van der Waals surface area contributed by atoms with Gasteiger partial charge in [-0.15, -0.1) is 5.10 Å². The smallest absolute Gasteiger partial charge is 0.292 e. The third-order valence-corrected chi connectivity index (χ3v) is 2.57. The number of carbonyl (C=O) groups is 2. The summed E-state index contributed by atoms with van der Waals surface area (Å²) in [7, 11) is 0. The molecule has 0 spiro atoms. The maximum Gasteiger partial charge on any atom is 0.292 e. The molecule has 0 aromatic carbocycles. The van der Waals surface area contributed by atoms with Crippen LogP contribution in [0.1, 0.15) is 17.0 Å². The summed E-state index contributed by atoms with van der Waals surface area (Å²) >= 11 is 0. The van der Waals surface area contributed by atoms with Gasteiger partial charge in [-0.2, -0.15) is 4.98 Å². The molecule has 9 heteroatoms.